The van der Waals surface area contributed by atoms with Gasteiger partial charge in [-0.2, -0.15) is 4.31 Å². The van der Waals surface area contributed by atoms with Gasteiger partial charge in [0, 0.05) is 43.5 Å². The predicted octanol–water partition coefficient (Wildman–Crippen LogP) is 4.07. The van der Waals surface area contributed by atoms with Crippen LogP contribution in [0.4, 0.5) is 5.82 Å². The highest BCUT2D eigenvalue weighted by atomic mass is 32.2. The SMILES string of the molecule is O=C(NC1CCCCC1)C1CCN(c2ccc3cc(S(=O)(=O)N4CCCCC4)ccc3n2)CC1. The molecule has 3 aliphatic rings. The summed E-state index contributed by atoms with van der Waals surface area (Å²) < 4.78 is 27.6. The van der Waals surface area contributed by atoms with Crippen LogP contribution in [0.25, 0.3) is 10.9 Å². The second-order valence-electron chi connectivity index (χ2n) is 10.1. The Morgan fingerprint density at radius 1 is 0.853 bits per heavy atom. The number of amides is 1. The van der Waals surface area contributed by atoms with Gasteiger partial charge in [0.2, 0.25) is 15.9 Å². The van der Waals surface area contributed by atoms with E-state index >= 15 is 0 Å². The van der Waals surface area contributed by atoms with Crippen LogP contribution >= 0.6 is 0 Å². The zero-order chi connectivity index (χ0) is 23.5. The van der Waals surface area contributed by atoms with Gasteiger partial charge in [-0.15, -0.1) is 0 Å². The molecular weight excluding hydrogens is 448 g/mol. The van der Waals surface area contributed by atoms with Crippen LogP contribution in [-0.2, 0) is 14.8 Å². The Morgan fingerprint density at radius 3 is 2.29 bits per heavy atom. The fraction of sp³-hybridized carbons (Fsp3) is 0.615. The molecule has 5 rings (SSSR count). The van der Waals surface area contributed by atoms with Crippen molar-refractivity contribution in [3.63, 3.8) is 0 Å². The molecule has 0 bridgehead atoms. The molecule has 3 heterocycles. The molecule has 2 aromatic rings. The van der Waals surface area contributed by atoms with Crippen LogP contribution in [0.5, 0.6) is 0 Å². The Kier molecular flexibility index (Phi) is 7.06. The van der Waals surface area contributed by atoms with Crippen molar-refractivity contribution in [2.75, 3.05) is 31.1 Å². The van der Waals surface area contributed by atoms with Crippen LogP contribution in [0.3, 0.4) is 0 Å². The number of anilines is 1. The van der Waals surface area contributed by atoms with Crippen molar-refractivity contribution in [1.82, 2.24) is 14.6 Å². The van der Waals surface area contributed by atoms with Crippen molar-refractivity contribution in [1.29, 1.82) is 0 Å². The molecule has 8 heteroatoms. The molecule has 1 N–H and O–H groups in total. The molecule has 2 aliphatic heterocycles. The van der Waals surface area contributed by atoms with Crippen molar-refractivity contribution in [2.24, 2.45) is 5.92 Å². The lowest BCUT2D eigenvalue weighted by atomic mass is 9.92. The summed E-state index contributed by atoms with van der Waals surface area (Å²) in [6, 6.07) is 9.56. The van der Waals surface area contributed by atoms with E-state index in [0.29, 0.717) is 24.0 Å². The number of carbonyl (C=O) groups is 1. The first-order valence-electron chi connectivity index (χ1n) is 13.0. The van der Waals surface area contributed by atoms with Crippen molar-refractivity contribution >= 4 is 32.7 Å². The molecule has 2 saturated heterocycles. The third-order valence-electron chi connectivity index (χ3n) is 7.74. The molecular formula is C26H36N4O3S. The molecule has 184 valence electrons. The largest absolute Gasteiger partial charge is 0.357 e. The zero-order valence-electron chi connectivity index (χ0n) is 19.9. The number of carbonyl (C=O) groups excluding carboxylic acids is 1. The van der Waals surface area contributed by atoms with Crippen molar-refractivity contribution in [3.05, 3.63) is 30.3 Å². The molecule has 0 atom stereocenters. The molecule has 1 amide bonds. The molecule has 1 aliphatic carbocycles. The summed E-state index contributed by atoms with van der Waals surface area (Å²) >= 11 is 0. The lowest BCUT2D eigenvalue weighted by Gasteiger charge is -2.33. The molecule has 34 heavy (non-hydrogen) atoms. The van der Waals surface area contributed by atoms with Gasteiger partial charge >= 0.3 is 0 Å². The van der Waals surface area contributed by atoms with Crippen LogP contribution in [0.1, 0.15) is 64.2 Å². The van der Waals surface area contributed by atoms with Gasteiger partial charge < -0.3 is 10.2 Å². The van der Waals surface area contributed by atoms with E-state index in [1.807, 2.05) is 18.2 Å². The van der Waals surface area contributed by atoms with Crippen molar-refractivity contribution in [2.45, 2.75) is 75.1 Å². The maximum absolute atomic E-state index is 13.0. The maximum Gasteiger partial charge on any atom is 0.243 e. The normalized spacial score (nSPS) is 21.6. The molecule has 3 fully saturated rings. The molecule has 1 aromatic carbocycles. The molecule has 7 nitrogen and oxygen atoms in total. The number of pyridine rings is 1. The van der Waals surface area contributed by atoms with E-state index < -0.39 is 10.0 Å². The van der Waals surface area contributed by atoms with Gasteiger partial charge in [0.25, 0.3) is 0 Å². The van der Waals surface area contributed by atoms with Gasteiger partial charge in [0.15, 0.2) is 0 Å². The Bertz CT molecular complexity index is 1120. The van der Waals surface area contributed by atoms with E-state index in [9.17, 15) is 13.2 Å². The zero-order valence-corrected chi connectivity index (χ0v) is 20.7. The number of nitrogens with one attached hydrogen (secondary N) is 1. The second-order valence-corrected chi connectivity index (χ2v) is 12.0. The van der Waals surface area contributed by atoms with Crippen LogP contribution in [0.15, 0.2) is 35.2 Å². The number of aromatic nitrogens is 1. The van der Waals surface area contributed by atoms with E-state index in [1.54, 1.807) is 16.4 Å². The Balaban J connectivity index is 1.22. The minimum Gasteiger partial charge on any atom is -0.357 e. The molecule has 0 spiro atoms. The first-order chi connectivity index (χ1) is 16.5. The predicted molar refractivity (Wildman–Crippen MR) is 134 cm³/mol. The van der Waals surface area contributed by atoms with Crippen LogP contribution in [0.2, 0.25) is 0 Å². The Hall–Kier alpha value is -2.19. The van der Waals surface area contributed by atoms with E-state index in [0.717, 1.165) is 74.8 Å². The van der Waals surface area contributed by atoms with E-state index in [1.165, 1.54) is 19.3 Å². The Morgan fingerprint density at radius 2 is 1.56 bits per heavy atom. The minimum atomic E-state index is -3.45. The quantitative estimate of drug-likeness (QED) is 0.692. The summed E-state index contributed by atoms with van der Waals surface area (Å²) in [5.74, 6) is 1.20. The topological polar surface area (TPSA) is 82.6 Å². The summed E-state index contributed by atoms with van der Waals surface area (Å²) in [6.45, 7) is 2.82. The van der Waals surface area contributed by atoms with Crippen molar-refractivity contribution < 1.29 is 13.2 Å². The number of hydrogen-bond acceptors (Lipinski definition) is 5. The highest BCUT2D eigenvalue weighted by molar-refractivity contribution is 7.89. The summed E-state index contributed by atoms with van der Waals surface area (Å²) in [5.41, 5.74) is 0.798. The molecule has 0 radical (unpaired) electrons. The first kappa shape index (κ1) is 23.5. The van der Waals surface area contributed by atoms with Crippen LogP contribution in [-0.4, -0.2) is 55.8 Å². The fourth-order valence-corrected chi connectivity index (χ4v) is 7.17. The molecule has 0 unspecified atom stereocenters. The van der Waals surface area contributed by atoms with Crippen LogP contribution in [0, 0.1) is 5.92 Å². The Labute approximate surface area is 203 Å². The number of hydrogen-bond donors (Lipinski definition) is 1. The standard InChI is InChI=1S/C26H36N4O3S/c31-26(27-22-7-3-1-4-8-22)20-13-17-29(18-14-20)25-12-9-21-19-23(10-11-24(21)28-25)34(32,33)30-15-5-2-6-16-30/h9-12,19-20,22H,1-8,13-18H2,(H,27,31). The summed E-state index contributed by atoms with van der Waals surface area (Å²) in [4.78, 5) is 20.1. The number of fused-ring (bicyclic) bond motifs is 1. The third kappa shape index (κ3) is 5.08. The van der Waals surface area contributed by atoms with Crippen LogP contribution < -0.4 is 10.2 Å². The third-order valence-corrected chi connectivity index (χ3v) is 9.63. The smallest absolute Gasteiger partial charge is 0.243 e. The monoisotopic (exact) mass is 484 g/mol. The number of benzene rings is 1. The number of nitrogens with zero attached hydrogens (tertiary/aromatic N) is 3. The summed E-state index contributed by atoms with van der Waals surface area (Å²) in [7, 11) is -3.45. The van der Waals surface area contributed by atoms with E-state index in [2.05, 4.69) is 10.2 Å². The highest BCUT2D eigenvalue weighted by Gasteiger charge is 2.28. The van der Waals surface area contributed by atoms with Gasteiger partial charge in [0.05, 0.1) is 10.4 Å². The first-order valence-corrected chi connectivity index (χ1v) is 14.4. The number of piperidine rings is 2. The molecule has 1 saturated carbocycles. The van der Waals surface area contributed by atoms with Gasteiger partial charge in [-0.25, -0.2) is 13.4 Å². The number of rotatable bonds is 5. The summed E-state index contributed by atoms with van der Waals surface area (Å²) in [5, 5.41) is 4.12. The second kappa shape index (κ2) is 10.2. The minimum absolute atomic E-state index is 0.0844. The molecule has 1 aromatic heterocycles. The average molecular weight is 485 g/mol. The fourth-order valence-electron chi connectivity index (χ4n) is 5.62. The highest BCUT2D eigenvalue weighted by Crippen LogP contribution is 2.28. The van der Waals surface area contributed by atoms with Gasteiger partial charge in [-0.05, 0) is 68.9 Å². The average Bonchev–Trinajstić information content (AvgIpc) is 2.89. The van der Waals surface area contributed by atoms with Gasteiger partial charge in [-0.1, -0.05) is 25.7 Å². The summed E-state index contributed by atoms with van der Waals surface area (Å²) in [6.07, 6.45) is 10.6. The van der Waals surface area contributed by atoms with Gasteiger partial charge in [0.1, 0.15) is 5.82 Å². The lowest BCUT2D eigenvalue weighted by molar-refractivity contribution is -0.126. The lowest BCUT2D eigenvalue weighted by Crippen LogP contribution is -2.44. The van der Waals surface area contributed by atoms with E-state index in [-0.39, 0.29) is 11.8 Å². The van der Waals surface area contributed by atoms with Gasteiger partial charge in [-0.3, -0.25) is 4.79 Å². The number of sulfonamides is 1. The van der Waals surface area contributed by atoms with E-state index in [4.69, 9.17) is 4.98 Å². The van der Waals surface area contributed by atoms with Crippen molar-refractivity contribution in [3.8, 4) is 0 Å². The maximum atomic E-state index is 13.0.